The SMILES string of the molecule is NS(=O)(=O)c1cccc(N2c3ccccc3C=CC2Oc2ccccc2OC(F)F)c1. The molecule has 31 heavy (non-hydrogen) atoms. The topological polar surface area (TPSA) is 81.9 Å². The van der Waals surface area contributed by atoms with Crippen molar-refractivity contribution >= 4 is 27.5 Å². The number of nitrogens with two attached hydrogens (primary N) is 1. The Morgan fingerprint density at radius 2 is 1.65 bits per heavy atom. The summed E-state index contributed by atoms with van der Waals surface area (Å²) >= 11 is 0. The van der Waals surface area contributed by atoms with Gasteiger partial charge in [-0.1, -0.05) is 42.5 Å². The lowest BCUT2D eigenvalue weighted by Crippen LogP contribution is -2.36. The number of para-hydroxylation sites is 3. The predicted octanol–water partition coefficient (Wildman–Crippen LogP) is 4.51. The first kappa shape index (κ1) is 20.8. The van der Waals surface area contributed by atoms with Gasteiger partial charge in [0, 0.05) is 5.69 Å². The summed E-state index contributed by atoms with van der Waals surface area (Å²) in [5.41, 5.74) is 2.12. The number of ether oxygens (including phenoxy) is 2. The van der Waals surface area contributed by atoms with E-state index in [1.54, 1.807) is 35.2 Å². The monoisotopic (exact) mass is 444 g/mol. The molecule has 1 aliphatic rings. The number of fused-ring (bicyclic) bond motifs is 1. The first-order chi connectivity index (χ1) is 14.8. The maximum atomic E-state index is 12.8. The highest BCUT2D eigenvalue weighted by atomic mass is 32.2. The Hall–Kier alpha value is -3.43. The molecular weight excluding hydrogens is 426 g/mol. The molecule has 0 saturated heterocycles. The number of primary sulfonamides is 1. The molecule has 0 amide bonds. The van der Waals surface area contributed by atoms with Crippen molar-refractivity contribution in [1.82, 2.24) is 0 Å². The van der Waals surface area contributed by atoms with Crippen molar-refractivity contribution in [2.24, 2.45) is 5.14 Å². The van der Waals surface area contributed by atoms with Crippen molar-refractivity contribution in [1.29, 1.82) is 0 Å². The molecule has 1 atom stereocenters. The Bertz CT molecular complexity index is 1230. The summed E-state index contributed by atoms with van der Waals surface area (Å²) in [6.45, 7) is -3.00. The Morgan fingerprint density at radius 3 is 2.39 bits per heavy atom. The van der Waals surface area contributed by atoms with Crippen molar-refractivity contribution in [3.63, 3.8) is 0 Å². The van der Waals surface area contributed by atoms with E-state index >= 15 is 0 Å². The summed E-state index contributed by atoms with van der Waals surface area (Å²) in [6, 6.07) is 19.7. The lowest BCUT2D eigenvalue weighted by atomic mass is 10.1. The lowest BCUT2D eigenvalue weighted by Gasteiger charge is -2.36. The predicted molar refractivity (Wildman–Crippen MR) is 113 cm³/mol. The van der Waals surface area contributed by atoms with Crippen LogP contribution >= 0.6 is 0 Å². The molecule has 0 saturated carbocycles. The van der Waals surface area contributed by atoms with E-state index in [9.17, 15) is 17.2 Å². The largest absolute Gasteiger partial charge is 0.463 e. The van der Waals surface area contributed by atoms with Gasteiger partial charge in [0.05, 0.1) is 10.6 Å². The number of sulfonamides is 1. The molecule has 1 aliphatic heterocycles. The third-order valence-corrected chi connectivity index (χ3v) is 5.54. The molecule has 3 aromatic rings. The van der Waals surface area contributed by atoms with Gasteiger partial charge < -0.3 is 14.4 Å². The van der Waals surface area contributed by atoms with Crippen LogP contribution in [0.4, 0.5) is 20.2 Å². The summed E-state index contributed by atoms with van der Waals surface area (Å²) in [4.78, 5) is 1.70. The minimum absolute atomic E-state index is 0.0581. The van der Waals surface area contributed by atoms with Crippen LogP contribution in [0.2, 0.25) is 0 Å². The molecule has 160 valence electrons. The van der Waals surface area contributed by atoms with Gasteiger partial charge >= 0.3 is 6.61 Å². The van der Waals surface area contributed by atoms with E-state index in [0.717, 1.165) is 11.3 Å². The smallest absolute Gasteiger partial charge is 0.387 e. The van der Waals surface area contributed by atoms with E-state index in [4.69, 9.17) is 9.88 Å². The molecule has 1 unspecified atom stereocenters. The first-order valence-corrected chi connectivity index (χ1v) is 10.8. The van der Waals surface area contributed by atoms with Crippen LogP contribution in [-0.2, 0) is 10.0 Å². The molecule has 0 aromatic heterocycles. The summed E-state index contributed by atoms with van der Waals surface area (Å²) < 4.78 is 59.9. The third-order valence-electron chi connectivity index (χ3n) is 4.63. The standard InChI is InChI=1S/C22H18F2N2O4S/c23-22(24)30-20-11-4-3-10-19(20)29-21-13-12-15-6-1-2-9-18(15)26(21)16-7-5-8-17(14-16)31(25,27)28/h1-14,21-22H,(H2,25,27,28). The normalized spacial score (nSPS) is 15.6. The second-order valence-corrected chi connectivity index (χ2v) is 8.23. The molecule has 6 nitrogen and oxygen atoms in total. The van der Waals surface area contributed by atoms with Gasteiger partial charge in [0.15, 0.2) is 17.7 Å². The van der Waals surface area contributed by atoms with Crippen molar-refractivity contribution in [2.45, 2.75) is 17.7 Å². The molecule has 0 aliphatic carbocycles. The van der Waals surface area contributed by atoms with Crippen molar-refractivity contribution < 1.29 is 26.7 Å². The summed E-state index contributed by atoms with van der Waals surface area (Å²) in [5, 5.41) is 5.30. The fourth-order valence-corrected chi connectivity index (χ4v) is 3.87. The Morgan fingerprint density at radius 1 is 0.935 bits per heavy atom. The highest BCUT2D eigenvalue weighted by Crippen LogP contribution is 2.38. The fraction of sp³-hybridized carbons (Fsp3) is 0.0909. The van der Waals surface area contributed by atoms with Gasteiger partial charge in [0.25, 0.3) is 0 Å². The maximum absolute atomic E-state index is 12.8. The van der Waals surface area contributed by atoms with Gasteiger partial charge in [-0.05, 0) is 48.0 Å². The van der Waals surface area contributed by atoms with E-state index in [1.807, 2.05) is 30.3 Å². The Kier molecular flexibility index (Phi) is 5.62. The second kappa shape index (κ2) is 8.37. The van der Waals surface area contributed by atoms with Crippen LogP contribution in [0.25, 0.3) is 6.08 Å². The maximum Gasteiger partial charge on any atom is 0.387 e. The second-order valence-electron chi connectivity index (χ2n) is 6.66. The number of hydrogen-bond acceptors (Lipinski definition) is 5. The van der Waals surface area contributed by atoms with E-state index < -0.39 is 22.9 Å². The number of benzene rings is 3. The van der Waals surface area contributed by atoms with Crippen LogP contribution in [0.1, 0.15) is 5.56 Å². The summed E-state index contributed by atoms with van der Waals surface area (Å²) in [6.07, 6.45) is 2.81. The fourth-order valence-electron chi connectivity index (χ4n) is 3.32. The summed E-state index contributed by atoms with van der Waals surface area (Å²) in [7, 11) is -3.93. The highest BCUT2D eigenvalue weighted by molar-refractivity contribution is 7.89. The van der Waals surface area contributed by atoms with Crippen LogP contribution in [0.3, 0.4) is 0 Å². The number of alkyl halides is 2. The zero-order valence-corrected chi connectivity index (χ0v) is 16.9. The van der Waals surface area contributed by atoms with Crippen LogP contribution in [-0.4, -0.2) is 21.3 Å². The van der Waals surface area contributed by atoms with Gasteiger partial charge in [-0.25, -0.2) is 13.6 Å². The van der Waals surface area contributed by atoms with Gasteiger partial charge in [0.2, 0.25) is 10.0 Å². The number of rotatable bonds is 6. The molecular formula is C22H18F2N2O4S. The zero-order chi connectivity index (χ0) is 22.0. The van der Waals surface area contributed by atoms with E-state index in [2.05, 4.69) is 4.74 Å². The van der Waals surface area contributed by atoms with Gasteiger partial charge in [-0.2, -0.15) is 8.78 Å². The quantitative estimate of drug-likeness (QED) is 0.605. The molecule has 0 radical (unpaired) electrons. The molecule has 0 bridgehead atoms. The van der Waals surface area contributed by atoms with Crippen LogP contribution in [0, 0.1) is 0 Å². The third kappa shape index (κ3) is 4.52. The molecule has 0 fully saturated rings. The van der Waals surface area contributed by atoms with Crippen LogP contribution in [0.15, 0.2) is 83.8 Å². The zero-order valence-electron chi connectivity index (χ0n) is 16.1. The van der Waals surface area contributed by atoms with Gasteiger partial charge in [-0.3, -0.25) is 0 Å². The van der Waals surface area contributed by atoms with Crippen LogP contribution in [0.5, 0.6) is 11.5 Å². The van der Waals surface area contributed by atoms with Gasteiger partial charge in [0.1, 0.15) is 0 Å². The highest BCUT2D eigenvalue weighted by Gasteiger charge is 2.27. The molecule has 1 heterocycles. The van der Waals surface area contributed by atoms with Crippen molar-refractivity contribution in [3.8, 4) is 11.5 Å². The van der Waals surface area contributed by atoms with Crippen LogP contribution < -0.4 is 19.5 Å². The summed E-state index contributed by atoms with van der Waals surface area (Å²) in [5.74, 6) is 0.00688. The Labute approximate surface area is 178 Å². The van der Waals surface area contributed by atoms with Gasteiger partial charge in [-0.15, -0.1) is 0 Å². The molecule has 9 heteroatoms. The Balaban J connectivity index is 1.78. The van der Waals surface area contributed by atoms with Crippen molar-refractivity contribution in [3.05, 3.63) is 84.4 Å². The van der Waals surface area contributed by atoms with E-state index in [0.29, 0.717) is 5.69 Å². The molecule has 2 N–H and O–H groups in total. The molecule has 3 aromatic carbocycles. The number of hydrogen-bond donors (Lipinski definition) is 1. The molecule has 0 spiro atoms. The first-order valence-electron chi connectivity index (χ1n) is 9.23. The minimum atomic E-state index is -3.93. The average Bonchev–Trinajstić information content (AvgIpc) is 2.74. The van der Waals surface area contributed by atoms with E-state index in [-0.39, 0.29) is 16.4 Å². The molecule has 4 rings (SSSR count). The van der Waals surface area contributed by atoms with E-state index in [1.165, 1.54) is 24.3 Å². The average molecular weight is 444 g/mol. The number of anilines is 2. The number of nitrogens with zero attached hydrogens (tertiary/aromatic N) is 1. The lowest BCUT2D eigenvalue weighted by molar-refractivity contribution is -0.0517. The number of halogens is 2. The minimum Gasteiger partial charge on any atom is -0.463 e. The van der Waals surface area contributed by atoms with Crippen molar-refractivity contribution in [2.75, 3.05) is 4.90 Å².